The Morgan fingerprint density at radius 1 is 1.35 bits per heavy atom. The van der Waals surface area contributed by atoms with Crippen LogP contribution < -0.4 is 11.1 Å². The number of ether oxygens (including phenoxy) is 1. The van der Waals surface area contributed by atoms with Crippen molar-refractivity contribution in [1.82, 2.24) is 4.98 Å². The first kappa shape index (κ1) is 16.6. The SMILES string of the molecule is NCC1(C(=O)Nc2nc(-c3ccc(Br)cc3)cs2)CCOCC1. The second-order valence-corrected chi connectivity index (χ2v) is 7.37. The highest BCUT2D eigenvalue weighted by atomic mass is 79.9. The minimum Gasteiger partial charge on any atom is -0.381 e. The fraction of sp³-hybridized carbons (Fsp3) is 0.375. The average molecular weight is 396 g/mol. The summed E-state index contributed by atoms with van der Waals surface area (Å²) in [5.74, 6) is -0.0555. The van der Waals surface area contributed by atoms with Gasteiger partial charge >= 0.3 is 0 Å². The molecule has 122 valence electrons. The molecule has 0 unspecified atom stereocenters. The van der Waals surface area contributed by atoms with Gasteiger partial charge in [-0.3, -0.25) is 4.79 Å². The Labute approximate surface area is 147 Å². The fourth-order valence-electron chi connectivity index (χ4n) is 2.60. The molecule has 0 saturated carbocycles. The Morgan fingerprint density at radius 3 is 2.70 bits per heavy atom. The number of hydrogen-bond donors (Lipinski definition) is 2. The Hall–Kier alpha value is -1.28. The predicted molar refractivity (Wildman–Crippen MR) is 95.4 cm³/mol. The number of halogens is 1. The molecule has 1 saturated heterocycles. The number of rotatable bonds is 4. The molecular formula is C16H18BrN3O2S. The highest BCUT2D eigenvalue weighted by Crippen LogP contribution is 2.32. The monoisotopic (exact) mass is 395 g/mol. The normalized spacial score (nSPS) is 17.0. The van der Waals surface area contributed by atoms with Crippen LogP contribution in [0.1, 0.15) is 12.8 Å². The van der Waals surface area contributed by atoms with Crippen molar-refractivity contribution in [3.8, 4) is 11.3 Å². The van der Waals surface area contributed by atoms with Crippen LogP contribution in [0.25, 0.3) is 11.3 Å². The topological polar surface area (TPSA) is 77.2 Å². The highest BCUT2D eigenvalue weighted by Gasteiger charge is 2.39. The molecule has 2 aromatic rings. The first-order valence-electron chi connectivity index (χ1n) is 7.44. The van der Waals surface area contributed by atoms with Crippen molar-refractivity contribution in [3.05, 3.63) is 34.1 Å². The van der Waals surface area contributed by atoms with Gasteiger partial charge < -0.3 is 15.8 Å². The van der Waals surface area contributed by atoms with Gasteiger partial charge in [-0.25, -0.2) is 4.98 Å². The number of nitrogens with two attached hydrogens (primary N) is 1. The maximum absolute atomic E-state index is 12.6. The van der Waals surface area contributed by atoms with Gasteiger partial charge in [0, 0.05) is 35.2 Å². The molecule has 0 aliphatic carbocycles. The van der Waals surface area contributed by atoms with E-state index in [9.17, 15) is 4.79 Å². The van der Waals surface area contributed by atoms with E-state index in [-0.39, 0.29) is 5.91 Å². The van der Waals surface area contributed by atoms with E-state index >= 15 is 0 Å². The molecule has 0 atom stereocenters. The van der Waals surface area contributed by atoms with E-state index in [4.69, 9.17) is 10.5 Å². The third-order valence-electron chi connectivity index (χ3n) is 4.19. The number of aromatic nitrogens is 1. The van der Waals surface area contributed by atoms with Gasteiger partial charge in [-0.2, -0.15) is 0 Å². The Morgan fingerprint density at radius 2 is 2.04 bits per heavy atom. The molecule has 1 aromatic heterocycles. The van der Waals surface area contributed by atoms with Gasteiger partial charge in [0.2, 0.25) is 5.91 Å². The number of nitrogens with one attached hydrogen (secondary N) is 1. The van der Waals surface area contributed by atoms with Crippen LogP contribution in [0, 0.1) is 5.41 Å². The minimum atomic E-state index is -0.540. The van der Waals surface area contributed by atoms with Gasteiger partial charge in [-0.05, 0) is 25.0 Å². The zero-order valence-electron chi connectivity index (χ0n) is 12.5. The van der Waals surface area contributed by atoms with Crippen molar-refractivity contribution in [2.45, 2.75) is 12.8 Å². The van der Waals surface area contributed by atoms with Gasteiger partial charge in [-0.1, -0.05) is 28.1 Å². The van der Waals surface area contributed by atoms with E-state index < -0.39 is 5.41 Å². The van der Waals surface area contributed by atoms with Gasteiger partial charge in [0.25, 0.3) is 0 Å². The maximum atomic E-state index is 12.6. The van der Waals surface area contributed by atoms with E-state index in [2.05, 4.69) is 26.2 Å². The number of benzene rings is 1. The number of carbonyl (C=O) groups is 1. The second kappa shape index (κ2) is 7.09. The van der Waals surface area contributed by atoms with Gasteiger partial charge in [0.15, 0.2) is 5.13 Å². The number of thiazole rings is 1. The predicted octanol–water partition coefficient (Wildman–Crippen LogP) is 3.27. The lowest BCUT2D eigenvalue weighted by atomic mass is 9.79. The molecule has 0 bridgehead atoms. The molecule has 7 heteroatoms. The third kappa shape index (κ3) is 3.63. The Bertz CT molecular complexity index is 681. The molecule has 0 spiro atoms. The standard InChI is InChI=1S/C16H18BrN3O2S/c17-12-3-1-11(2-4-12)13-9-23-15(19-13)20-14(21)16(10-18)5-7-22-8-6-16/h1-4,9H,5-8,10,18H2,(H,19,20,21). The van der Waals surface area contributed by atoms with Crippen LogP contribution in [0.15, 0.2) is 34.1 Å². The second-order valence-electron chi connectivity index (χ2n) is 5.60. The molecule has 1 fully saturated rings. The lowest BCUT2D eigenvalue weighted by molar-refractivity contribution is -0.130. The summed E-state index contributed by atoms with van der Waals surface area (Å²) >= 11 is 4.84. The van der Waals surface area contributed by atoms with Crippen molar-refractivity contribution in [1.29, 1.82) is 0 Å². The summed E-state index contributed by atoms with van der Waals surface area (Å²) in [6.45, 7) is 1.48. The molecular weight excluding hydrogens is 378 g/mol. The van der Waals surface area contributed by atoms with E-state index in [0.717, 1.165) is 15.7 Å². The smallest absolute Gasteiger partial charge is 0.233 e. The fourth-order valence-corrected chi connectivity index (χ4v) is 3.58. The molecule has 1 aromatic carbocycles. The van der Waals surface area contributed by atoms with Crippen molar-refractivity contribution in [2.75, 3.05) is 25.1 Å². The Kier molecular flexibility index (Phi) is 5.11. The third-order valence-corrected chi connectivity index (χ3v) is 5.47. The van der Waals surface area contributed by atoms with Crippen molar-refractivity contribution in [3.63, 3.8) is 0 Å². The summed E-state index contributed by atoms with van der Waals surface area (Å²) in [5.41, 5.74) is 7.20. The van der Waals surface area contributed by atoms with Crippen LogP contribution >= 0.6 is 27.3 Å². The summed E-state index contributed by atoms with van der Waals surface area (Å²) in [5, 5.41) is 5.47. The summed E-state index contributed by atoms with van der Waals surface area (Å²) in [4.78, 5) is 17.1. The quantitative estimate of drug-likeness (QED) is 0.832. The van der Waals surface area contributed by atoms with Crippen LogP contribution in [0.4, 0.5) is 5.13 Å². The van der Waals surface area contributed by atoms with Crippen molar-refractivity contribution < 1.29 is 9.53 Å². The summed E-state index contributed by atoms with van der Waals surface area (Å²) in [6.07, 6.45) is 1.31. The van der Waals surface area contributed by atoms with Crippen LogP contribution in [-0.4, -0.2) is 30.6 Å². The molecule has 23 heavy (non-hydrogen) atoms. The van der Waals surface area contributed by atoms with Gasteiger partial charge in [-0.15, -0.1) is 11.3 Å². The lowest BCUT2D eigenvalue weighted by Gasteiger charge is -2.34. The average Bonchev–Trinajstić information content (AvgIpc) is 3.04. The Balaban J connectivity index is 1.73. The van der Waals surface area contributed by atoms with E-state index in [1.54, 1.807) is 0 Å². The summed E-state index contributed by atoms with van der Waals surface area (Å²) in [6, 6.07) is 7.92. The van der Waals surface area contributed by atoms with Gasteiger partial charge in [0.05, 0.1) is 11.1 Å². The molecule has 1 amide bonds. The highest BCUT2D eigenvalue weighted by molar-refractivity contribution is 9.10. The first-order valence-corrected chi connectivity index (χ1v) is 9.11. The molecule has 5 nitrogen and oxygen atoms in total. The largest absolute Gasteiger partial charge is 0.381 e. The number of amides is 1. The van der Waals surface area contributed by atoms with Crippen molar-refractivity contribution in [2.24, 2.45) is 11.1 Å². The first-order chi connectivity index (χ1) is 11.1. The van der Waals surface area contributed by atoms with Gasteiger partial charge in [0.1, 0.15) is 0 Å². The number of hydrogen-bond acceptors (Lipinski definition) is 5. The molecule has 1 aliphatic heterocycles. The number of anilines is 1. The van der Waals surface area contributed by atoms with Crippen LogP contribution in [0.5, 0.6) is 0 Å². The van der Waals surface area contributed by atoms with Crippen LogP contribution in [0.2, 0.25) is 0 Å². The van der Waals surface area contributed by atoms with E-state index in [1.165, 1.54) is 11.3 Å². The van der Waals surface area contributed by atoms with Crippen LogP contribution in [0.3, 0.4) is 0 Å². The molecule has 3 rings (SSSR count). The van der Waals surface area contributed by atoms with Crippen LogP contribution in [-0.2, 0) is 9.53 Å². The summed E-state index contributed by atoms with van der Waals surface area (Å²) in [7, 11) is 0. The zero-order chi connectivity index (χ0) is 16.3. The molecule has 2 heterocycles. The number of carbonyl (C=O) groups excluding carboxylic acids is 1. The zero-order valence-corrected chi connectivity index (χ0v) is 15.0. The summed E-state index contributed by atoms with van der Waals surface area (Å²) < 4.78 is 6.37. The van der Waals surface area contributed by atoms with E-state index in [0.29, 0.717) is 37.7 Å². The molecule has 3 N–H and O–H groups in total. The van der Waals surface area contributed by atoms with E-state index in [1.807, 2.05) is 29.6 Å². The number of nitrogens with zero attached hydrogens (tertiary/aromatic N) is 1. The minimum absolute atomic E-state index is 0.0555. The maximum Gasteiger partial charge on any atom is 0.233 e. The van der Waals surface area contributed by atoms with Crippen molar-refractivity contribution >= 4 is 38.3 Å². The molecule has 1 aliphatic rings. The molecule has 0 radical (unpaired) electrons. The lowest BCUT2D eigenvalue weighted by Crippen LogP contribution is -2.46.